The molecule has 4 aromatic rings. The summed E-state index contributed by atoms with van der Waals surface area (Å²) in [6.45, 7) is 0.398. The fourth-order valence-electron chi connectivity index (χ4n) is 3.36. The van der Waals surface area contributed by atoms with Gasteiger partial charge in [0, 0.05) is 16.7 Å². The zero-order valence-electron chi connectivity index (χ0n) is 14.7. The second-order valence-electron chi connectivity index (χ2n) is 6.54. The molecule has 0 fully saturated rings. The van der Waals surface area contributed by atoms with E-state index in [0.717, 1.165) is 5.56 Å². The maximum Gasteiger partial charge on any atom is 0.262 e. The summed E-state index contributed by atoms with van der Waals surface area (Å²) in [5.74, 6) is 0.163. The number of hydrogen-bond acceptors (Lipinski definition) is 5. The number of halogens is 1. The van der Waals surface area contributed by atoms with Crippen LogP contribution in [0.15, 0.2) is 65.0 Å². The molecule has 0 unspecified atom stereocenters. The zero-order chi connectivity index (χ0) is 19.1. The number of ether oxygens (including phenoxy) is 2. The van der Waals surface area contributed by atoms with E-state index >= 15 is 0 Å². The van der Waals surface area contributed by atoms with Crippen molar-refractivity contribution >= 4 is 21.6 Å². The number of aromatic nitrogens is 2. The molecule has 140 valence electrons. The van der Waals surface area contributed by atoms with Gasteiger partial charge in [-0.05, 0) is 23.6 Å². The number of nitrogens with zero attached hydrogens (tertiary/aromatic N) is 2. The number of thiophene rings is 1. The van der Waals surface area contributed by atoms with E-state index in [1.807, 2.05) is 35.7 Å². The molecule has 1 aliphatic heterocycles. The fraction of sp³-hybridized carbons (Fsp3) is 0.143. The SMILES string of the molecule is O=c1c2ccsc2ncn1Cc1cc(F)cc2c1O[C@H](c1ccccc1)OC2. The van der Waals surface area contributed by atoms with E-state index in [1.54, 1.807) is 6.07 Å². The van der Waals surface area contributed by atoms with Gasteiger partial charge < -0.3 is 9.47 Å². The molecule has 0 radical (unpaired) electrons. The zero-order valence-corrected chi connectivity index (χ0v) is 15.5. The second kappa shape index (κ2) is 6.85. The average Bonchev–Trinajstić information content (AvgIpc) is 3.20. The van der Waals surface area contributed by atoms with Gasteiger partial charge in [-0.2, -0.15) is 0 Å². The number of fused-ring (bicyclic) bond motifs is 2. The predicted octanol–water partition coefficient (Wildman–Crippen LogP) is 4.25. The number of hydrogen-bond donors (Lipinski definition) is 0. The molecule has 0 amide bonds. The molecule has 2 aromatic carbocycles. The van der Waals surface area contributed by atoms with E-state index in [4.69, 9.17) is 9.47 Å². The summed E-state index contributed by atoms with van der Waals surface area (Å²) in [6.07, 6.45) is 0.916. The Labute approximate surface area is 163 Å². The highest BCUT2D eigenvalue weighted by Crippen LogP contribution is 2.36. The van der Waals surface area contributed by atoms with Crippen molar-refractivity contribution in [2.24, 2.45) is 0 Å². The van der Waals surface area contributed by atoms with E-state index in [9.17, 15) is 9.18 Å². The van der Waals surface area contributed by atoms with Crippen LogP contribution < -0.4 is 10.3 Å². The topological polar surface area (TPSA) is 53.4 Å². The third-order valence-corrected chi connectivity index (χ3v) is 5.51. The van der Waals surface area contributed by atoms with Gasteiger partial charge in [-0.25, -0.2) is 9.37 Å². The third kappa shape index (κ3) is 2.98. The largest absolute Gasteiger partial charge is 0.460 e. The molecular weight excluding hydrogens is 379 g/mol. The van der Waals surface area contributed by atoms with Gasteiger partial charge in [-0.1, -0.05) is 30.3 Å². The molecule has 3 heterocycles. The predicted molar refractivity (Wildman–Crippen MR) is 104 cm³/mol. The average molecular weight is 394 g/mol. The van der Waals surface area contributed by atoms with E-state index in [2.05, 4.69) is 4.98 Å². The van der Waals surface area contributed by atoms with Crippen LogP contribution in [0.1, 0.15) is 23.0 Å². The second-order valence-corrected chi connectivity index (χ2v) is 7.44. The highest BCUT2D eigenvalue weighted by Gasteiger charge is 2.25. The lowest BCUT2D eigenvalue weighted by Gasteiger charge is -2.28. The van der Waals surface area contributed by atoms with Crippen LogP contribution in [-0.2, 0) is 17.9 Å². The van der Waals surface area contributed by atoms with Gasteiger partial charge in [0.2, 0.25) is 6.29 Å². The molecule has 1 aliphatic rings. The van der Waals surface area contributed by atoms with Gasteiger partial charge in [0.1, 0.15) is 16.4 Å². The summed E-state index contributed by atoms with van der Waals surface area (Å²) in [5, 5.41) is 2.39. The quantitative estimate of drug-likeness (QED) is 0.521. The van der Waals surface area contributed by atoms with Crippen molar-refractivity contribution in [1.82, 2.24) is 9.55 Å². The Morgan fingerprint density at radius 3 is 2.93 bits per heavy atom. The molecule has 7 heteroatoms. The molecule has 0 saturated carbocycles. The molecule has 0 saturated heterocycles. The Hall–Kier alpha value is -3.03. The van der Waals surface area contributed by atoms with Crippen LogP contribution in [0.3, 0.4) is 0 Å². The smallest absolute Gasteiger partial charge is 0.262 e. The Morgan fingerprint density at radius 1 is 1.21 bits per heavy atom. The van der Waals surface area contributed by atoms with Crippen LogP contribution >= 0.6 is 11.3 Å². The summed E-state index contributed by atoms with van der Waals surface area (Å²) in [6, 6.07) is 14.1. The summed E-state index contributed by atoms with van der Waals surface area (Å²) >= 11 is 1.41. The van der Waals surface area contributed by atoms with Crippen LogP contribution in [0.25, 0.3) is 10.2 Å². The molecular formula is C21H15FN2O3S. The van der Waals surface area contributed by atoms with Crippen molar-refractivity contribution in [2.75, 3.05) is 0 Å². The van der Waals surface area contributed by atoms with Gasteiger partial charge in [-0.15, -0.1) is 11.3 Å². The summed E-state index contributed by atoms with van der Waals surface area (Å²) < 4.78 is 27.5. The molecule has 1 atom stereocenters. The van der Waals surface area contributed by atoms with Gasteiger partial charge >= 0.3 is 0 Å². The van der Waals surface area contributed by atoms with Gasteiger partial charge in [0.25, 0.3) is 5.56 Å². The van der Waals surface area contributed by atoms with Crippen LogP contribution in [-0.4, -0.2) is 9.55 Å². The van der Waals surface area contributed by atoms with Crippen LogP contribution in [0.4, 0.5) is 4.39 Å². The van der Waals surface area contributed by atoms with Gasteiger partial charge in [-0.3, -0.25) is 9.36 Å². The first-order valence-electron chi connectivity index (χ1n) is 8.76. The minimum absolute atomic E-state index is 0.157. The van der Waals surface area contributed by atoms with E-state index in [1.165, 1.54) is 34.4 Å². The van der Waals surface area contributed by atoms with Crippen molar-refractivity contribution in [3.05, 3.63) is 93.1 Å². The van der Waals surface area contributed by atoms with E-state index in [0.29, 0.717) is 27.1 Å². The number of rotatable bonds is 3. The van der Waals surface area contributed by atoms with E-state index in [-0.39, 0.29) is 18.7 Å². The molecule has 2 aromatic heterocycles. The van der Waals surface area contributed by atoms with Crippen LogP contribution in [0, 0.1) is 5.82 Å². The molecule has 0 N–H and O–H groups in total. The lowest BCUT2D eigenvalue weighted by molar-refractivity contribution is -0.112. The third-order valence-electron chi connectivity index (χ3n) is 4.69. The molecule has 5 nitrogen and oxygen atoms in total. The minimum atomic E-state index is -0.577. The molecule has 0 aliphatic carbocycles. The summed E-state index contributed by atoms with van der Waals surface area (Å²) in [5.41, 5.74) is 1.93. The lowest BCUT2D eigenvalue weighted by Crippen LogP contribution is -2.23. The minimum Gasteiger partial charge on any atom is -0.460 e. The highest BCUT2D eigenvalue weighted by atomic mass is 32.1. The highest BCUT2D eigenvalue weighted by molar-refractivity contribution is 7.16. The monoisotopic (exact) mass is 394 g/mol. The Kier molecular flexibility index (Phi) is 4.18. The molecule has 28 heavy (non-hydrogen) atoms. The molecule has 5 rings (SSSR count). The van der Waals surface area contributed by atoms with Crippen molar-refractivity contribution < 1.29 is 13.9 Å². The number of benzene rings is 2. The normalized spacial score (nSPS) is 16.0. The van der Waals surface area contributed by atoms with Gasteiger partial charge in [0.05, 0.1) is 24.9 Å². The van der Waals surface area contributed by atoms with Gasteiger partial charge in [0.15, 0.2) is 0 Å². The summed E-state index contributed by atoms with van der Waals surface area (Å²) in [4.78, 5) is 17.7. The lowest BCUT2D eigenvalue weighted by atomic mass is 10.1. The first-order valence-corrected chi connectivity index (χ1v) is 9.64. The first-order chi connectivity index (χ1) is 13.7. The molecule has 0 spiro atoms. The maximum absolute atomic E-state index is 14.2. The maximum atomic E-state index is 14.2. The van der Waals surface area contributed by atoms with Crippen molar-refractivity contribution in [3.63, 3.8) is 0 Å². The van der Waals surface area contributed by atoms with Crippen molar-refractivity contribution in [3.8, 4) is 5.75 Å². The Bertz CT molecular complexity index is 1220. The van der Waals surface area contributed by atoms with Crippen molar-refractivity contribution in [2.45, 2.75) is 19.4 Å². The van der Waals surface area contributed by atoms with E-state index < -0.39 is 12.1 Å². The fourth-order valence-corrected chi connectivity index (χ4v) is 4.08. The Morgan fingerprint density at radius 2 is 2.07 bits per heavy atom. The van der Waals surface area contributed by atoms with Crippen LogP contribution in [0.5, 0.6) is 5.75 Å². The van der Waals surface area contributed by atoms with Crippen molar-refractivity contribution in [1.29, 1.82) is 0 Å². The van der Waals surface area contributed by atoms with Crippen LogP contribution in [0.2, 0.25) is 0 Å². The summed E-state index contributed by atoms with van der Waals surface area (Å²) in [7, 11) is 0. The molecule has 0 bridgehead atoms. The standard InChI is InChI=1S/C21H15FN2O3S/c22-16-8-14(10-24-12-23-19-17(20(24)25)6-7-28-19)18-15(9-16)11-26-21(27-18)13-4-2-1-3-5-13/h1-9,12,21H,10-11H2/t21-/m1/s1. The first kappa shape index (κ1) is 17.1. The Balaban J connectivity index is 1.54.